The number of carbonyl (C=O) groups is 1. The number of rotatable bonds is 3. The van der Waals surface area contributed by atoms with Crippen LogP contribution in [-0.2, 0) is 11.0 Å². The molecule has 1 heterocycles. The van der Waals surface area contributed by atoms with Gasteiger partial charge in [-0.05, 0) is 49.8 Å². The molecule has 4 unspecified atom stereocenters. The highest BCUT2D eigenvalue weighted by atomic mass is 35.5. The van der Waals surface area contributed by atoms with Gasteiger partial charge in [0.15, 0.2) is 0 Å². The van der Waals surface area contributed by atoms with Gasteiger partial charge in [-0.1, -0.05) is 18.2 Å². The third-order valence-corrected chi connectivity index (χ3v) is 5.03. The van der Waals surface area contributed by atoms with Crippen molar-refractivity contribution in [3.63, 3.8) is 0 Å². The molecule has 2 N–H and O–H groups in total. The number of hydrogen-bond acceptors (Lipinski definition) is 2. The lowest BCUT2D eigenvalue weighted by molar-refractivity contribution is -0.137. The molecule has 0 aromatic heterocycles. The Morgan fingerprint density at radius 3 is 2.62 bits per heavy atom. The lowest BCUT2D eigenvalue weighted by atomic mass is 10.0. The molecule has 3 rings (SSSR count). The fraction of sp³-hybridized carbons (Fsp3) is 0.588. The van der Waals surface area contributed by atoms with Crippen molar-refractivity contribution in [1.29, 1.82) is 0 Å². The summed E-state index contributed by atoms with van der Waals surface area (Å²) < 4.78 is 38.4. The first-order chi connectivity index (χ1) is 10.8. The van der Waals surface area contributed by atoms with Crippen LogP contribution in [0.1, 0.15) is 36.8 Å². The van der Waals surface area contributed by atoms with Gasteiger partial charge in [0.1, 0.15) is 0 Å². The summed E-state index contributed by atoms with van der Waals surface area (Å²) in [5.74, 6) is 0.127. The average molecular weight is 363 g/mol. The molecule has 2 aliphatic rings. The molecule has 1 saturated carbocycles. The van der Waals surface area contributed by atoms with E-state index in [4.69, 9.17) is 5.73 Å². The van der Waals surface area contributed by atoms with Gasteiger partial charge in [0, 0.05) is 18.5 Å². The van der Waals surface area contributed by atoms with Gasteiger partial charge in [-0.3, -0.25) is 4.79 Å². The fourth-order valence-corrected chi connectivity index (χ4v) is 3.62. The minimum Gasteiger partial charge on any atom is -0.339 e. The Bertz CT molecular complexity index is 608. The van der Waals surface area contributed by atoms with E-state index in [9.17, 15) is 18.0 Å². The molecule has 1 aliphatic heterocycles. The van der Waals surface area contributed by atoms with E-state index in [0.717, 1.165) is 12.5 Å². The predicted octanol–water partition coefficient (Wildman–Crippen LogP) is 3.43. The Balaban J connectivity index is 0.00000208. The van der Waals surface area contributed by atoms with Gasteiger partial charge in [0.25, 0.3) is 0 Å². The number of benzene rings is 1. The van der Waals surface area contributed by atoms with E-state index in [1.165, 1.54) is 12.1 Å². The van der Waals surface area contributed by atoms with Crippen LogP contribution >= 0.6 is 12.4 Å². The quantitative estimate of drug-likeness (QED) is 0.895. The van der Waals surface area contributed by atoms with Gasteiger partial charge in [-0.15, -0.1) is 12.4 Å². The van der Waals surface area contributed by atoms with E-state index < -0.39 is 11.7 Å². The number of carbonyl (C=O) groups excluding carboxylic acids is 1. The number of amides is 1. The first-order valence-electron chi connectivity index (χ1n) is 7.99. The number of halogens is 4. The fourth-order valence-electron chi connectivity index (χ4n) is 3.62. The zero-order chi connectivity index (χ0) is 16.8. The predicted molar refractivity (Wildman–Crippen MR) is 87.9 cm³/mol. The highest BCUT2D eigenvalue weighted by Crippen LogP contribution is 2.50. The molecule has 0 radical (unpaired) electrons. The molecule has 0 spiro atoms. The molecule has 0 bridgehead atoms. The molecule has 2 fully saturated rings. The minimum atomic E-state index is -4.35. The average Bonchev–Trinajstić information content (AvgIpc) is 3.22. The monoisotopic (exact) mass is 362 g/mol. The second-order valence-electron chi connectivity index (χ2n) is 6.75. The van der Waals surface area contributed by atoms with Crippen LogP contribution in [0.4, 0.5) is 13.2 Å². The van der Waals surface area contributed by atoms with Crippen molar-refractivity contribution in [2.45, 2.75) is 37.9 Å². The lowest BCUT2D eigenvalue weighted by Crippen LogP contribution is -2.35. The molecule has 1 aliphatic carbocycles. The molecule has 4 atom stereocenters. The van der Waals surface area contributed by atoms with Gasteiger partial charge in [0.2, 0.25) is 5.91 Å². The van der Waals surface area contributed by atoms with E-state index in [2.05, 4.69) is 0 Å². The first kappa shape index (κ1) is 19.1. The summed E-state index contributed by atoms with van der Waals surface area (Å²) in [7, 11) is 0. The van der Waals surface area contributed by atoms with Crippen LogP contribution in [0.25, 0.3) is 0 Å². The smallest absolute Gasteiger partial charge is 0.339 e. The molecule has 1 aromatic rings. The third-order valence-electron chi connectivity index (χ3n) is 5.03. The van der Waals surface area contributed by atoms with Crippen LogP contribution in [-0.4, -0.2) is 29.9 Å². The maximum Gasteiger partial charge on any atom is 0.416 e. The van der Waals surface area contributed by atoms with Crippen molar-refractivity contribution >= 4 is 18.3 Å². The Morgan fingerprint density at radius 2 is 2.04 bits per heavy atom. The summed E-state index contributed by atoms with van der Waals surface area (Å²) >= 11 is 0. The maximum absolute atomic E-state index is 12.8. The van der Waals surface area contributed by atoms with Crippen LogP contribution < -0.4 is 5.73 Å². The van der Waals surface area contributed by atoms with E-state index in [-0.39, 0.29) is 36.2 Å². The summed E-state index contributed by atoms with van der Waals surface area (Å²) in [4.78, 5) is 14.5. The molecule has 24 heavy (non-hydrogen) atoms. The second kappa shape index (κ2) is 6.92. The van der Waals surface area contributed by atoms with Crippen LogP contribution in [0.15, 0.2) is 24.3 Å². The maximum atomic E-state index is 12.8. The Labute approximate surface area is 145 Å². The van der Waals surface area contributed by atoms with Crippen LogP contribution in [0.2, 0.25) is 0 Å². The van der Waals surface area contributed by atoms with E-state index in [0.29, 0.717) is 31.0 Å². The lowest BCUT2D eigenvalue weighted by Gasteiger charge is -2.21. The van der Waals surface area contributed by atoms with Crippen molar-refractivity contribution < 1.29 is 18.0 Å². The number of nitrogens with two attached hydrogens (primary N) is 1. The van der Waals surface area contributed by atoms with Crippen molar-refractivity contribution in [3.05, 3.63) is 35.4 Å². The molecule has 1 saturated heterocycles. The highest BCUT2D eigenvalue weighted by molar-refractivity contribution is 5.85. The molecular weight excluding hydrogens is 341 g/mol. The van der Waals surface area contributed by atoms with Gasteiger partial charge >= 0.3 is 6.18 Å². The van der Waals surface area contributed by atoms with Crippen LogP contribution in [0.5, 0.6) is 0 Å². The normalized spacial score (nSPS) is 29.3. The third kappa shape index (κ3) is 3.70. The van der Waals surface area contributed by atoms with Crippen molar-refractivity contribution in [1.82, 2.24) is 4.90 Å². The molecule has 1 amide bonds. The largest absolute Gasteiger partial charge is 0.416 e. The number of alkyl halides is 3. The Kier molecular flexibility index (Phi) is 5.50. The number of hydrogen-bond donors (Lipinski definition) is 1. The zero-order valence-corrected chi connectivity index (χ0v) is 14.2. The number of likely N-dealkylation sites (tertiary alicyclic amines) is 1. The summed E-state index contributed by atoms with van der Waals surface area (Å²) in [5, 5.41) is 0. The van der Waals surface area contributed by atoms with Crippen LogP contribution in [0, 0.1) is 11.8 Å². The summed E-state index contributed by atoms with van der Waals surface area (Å²) in [5.41, 5.74) is 5.65. The Hall–Kier alpha value is -1.27. The van der Waals surface area contributed by atoms with Crippen molar-refractivity contribution in [3.8, 4) is 0 Å². The molecule has 3 nitrogen and oxygen atoms in total. The van der Waals surface area contributed by atoms with Gasteiger partial charge < -0.3 is 10.6 Å². The zero-order valence-electron chi connectivity index (χ0n) is 13.4. The molecule has 7 heteroatoms. The van der Waals surface area contributed by atoms with E-state index in [1.807, 2.05) is 11.8 Å². The topological polar surface area (TPSA) is 46.3 Å². The van der Waals surface area contributed by atoms with Gasteiger partial charge in [-0.2, -0.15) is 13.2 Å². The van der Waals surface area contributed by atoms with Gasteiger partial charge in [-0.25, -0.2) is 0 Å². The first-order valence-corrected chi connectivity index (χ1v) is 7.99. The summed E-state index contributed by atoms with van der Waals surface area (Å²) in [6, 6.07) is 5.51. The standard InChI is InChI=1S/C17H21F3N2O.ClH/c1-10-5-11(8-21)9-22(10)16(23)15-7-14(15)12-3-2-4-13(6-12)17(18,19)20;/h2-4,6,10-11,14-15H,5,7-9,21H2,1H3;1H. The molecule has 134 valence electrons. The van der Waals surface area contributed by atoms with Crippen LogP contribution in [0.3, 0.4) is 0 Å². The number of nitrogens with zero attached hydrogens (tertiary/aromatic N) is 1. The second-order valence-corrected chi connectivity index (χ2v) is 6.75. The van der Waals surface area contributed by atoms with Crippen molar-refractivity contribution in [2.24, 2.45) is 17.6 Å². The Morgan fingerprint density at radius 1 is 1.33 bits per heavy atom. The summed E-state index contributed by atoms with van der Waals surface area (Å²) in [6.07, 6.45) is -2.80. The summed E-state index contributed by atoms with van der Waals surface area (Å²) in [6.45, 7) is 3.24. The molecule has 1 aromatic carbocycles. The van der Waals surface area contributed by atoms with E-state index >= 15 is 0 Å². The van der Waals surface area contributed by atoms with Crippen molar-refractivity contribution in [2.75, 3.05) is 13.1 Å². The SMILES string of the molecule is CC1CC(CN)CN1C(=O)C1CC1c1cccc(C(F)(F)F)c1.Cl. The molecular formula is C17H22ClF3N2O. The van der Waals surface area contributed by atoms with E-state index in [1.54, 1.807) is 6.07 Å². The van der Waals surface area contributed by atoms with Gasteiger partial charge in [0.05, 0.1) is 5.56 Å². The highest BCUT2D eigenvalue weighted by Gasteiger charge is 2.48. The minimum absolute atomic E-state index is 0.